The predicted molar refractivity (Wildman–Crippen MR) is 153 cm³/mol. The Balaban J connectivity index is 2.54. The van der Waals surface area contributed by atoms with Crippen LogP contribution in [0.3, 0.4) is 0 Å². The molecule has 0 spiro atoms. The van der Waals surface area contributed by atoms with Gasteiger partial charge < -0.3 is 25.4 Å². The van der Waals surface area contributed by atoms with E-state index in [1.165, 1.54) is 12.1 Å². The van der Waals surface area contributed by atoms with Gasteiger partial charge in [-0.1, -0.05) is 56.7 Å². The van der Waals surface area contributed by atoms with Crippen LogP contribution in [0.2, 0.25) is 0 Å². The number of ether oxygens (including phenoxy) is 1. The van der Waals surface area contributed by atoms with Gasteiger partial charge in [0.2, 0.25) is 11.8 Å². The van der Waals surface area contributed by atoms with Crippen molar-refractivity contribution < 1.29 is 24.2 Å². The van der Waals surface area contributed by atoms with Crippen LogP contribution in [0.15, 0.2) is 48.5 Å². The second-order valence-corrected chi connectivity index (χ2v) is 11.1. The molecule has 0 bridgehead atoms. The van der Waals surface area contributed by atoms with Crippen molar-refractivity contribution in [2.24, 2.45) is 0 Å². The van der Waals surface area contributed by atoms with E-state index < -0.39 is 23.8 Å². The number of rotatable bonds is 12. The number of hydrogen-bond acceptors (Lipinski definition) is 5. The topological polar surface area (TPSA) is 108 Å². The molecule has 3 N–H and O–H groups in total. The SMILES string of the molecule is CCCCN(C(=O)C(Cc1ccc(O)cc1)NC(=O)OC(C)(C)C)C(C(=O)NC(C)C)c1ccc(CC)cc1. The second-order valence-electron chi connectivity index (χ2n) is 11.1. The lowest BCUT2D eigenvalue weighted by molar-refractivity contribution is -0.142. The van der Waals surface area contributed by atoms with Crippen LogP contribution in [0, 0.1) is 0 Å². The third kappa shape index (κ3) is 10.3. The average Bonchev–Trinajstić information content (AvgIpc) is 2.85. The number of unbranched alkanes of at least 4 members (excludes halogenated alkanes) is 1. The molecule has 8 heteroatoms. The number of carbonyl (C=O) groups excluding carboxylic acids is 3. The minimum absolute atomic E-state index is 0.104. The van der Waals surface area contributed by atoms with Gasteiger partial charge in [-0.15, -0.1) is 0 Å². The van der Waals surface area contributed by atoms with Crippen LogP contribution in [-0.4, -0.2) is 52.1 Å². The van der Waals surface area contributed by atoms with Gasteiger partial charge in [0.15, 0.2) is 0 Å². The number of phenols is 1. The molecule has 0 aliphatic heterocycles. The highest BCUT2D eigenvalue weighted by Crippen LogP contribution is 2.25. The minimum Gasteiger partial charge on any atom is -0.508 e. The second kappa shape index (κ2) is 14.6. The van der Waals surface area contributed by atoms with Gasteiger partial charge in [-0.3, -0.25) is 9.59 Å². The summed E-state index contributed by atoms with van der Waals surface area (Å²) in [6.07, 6.45) is 1.80. The van der Waals surface area contributed by atoms with E-state index in [4.69, 9.17) is 4.74 Å². The van der Waals surface area contributed by atoms with Crippen LogP contribution in [0.5, 0.6) is 5.75 Å². The lowest BCUT2D eigenvalue weighted by Gasteiger charge is -2.35. The number of phenolic OH excluding ortho intramolecular Hbond substituents is 1. The van der Waals surface area contributed by atoms with Crippen LogP contribution >= 0.6 is 0 Å². The van der Waals surface area contributed by atoms with Gasteiger partial charge in [0.25, 0.3) is 0 Å². The van der Waals surface area contributed by atoms with E-state index in [-0.39, 0.29) is 30.0 Å². The zero-order valence-electron chi connectivity index (χ0n) is 24.4. The van der Waals surface area contributed by atoms with Gasteiger partial charge in [-0.2, -0.15) is 0 Å². The van der Waals surface area contributed by atoms with Crippen LogP contribution in [0.4, 0.5) is 4.79 Å². The molecule has 0 heterocycles. The van der Waals surface area contributed by atoms with Gasteiger partial charge in [0, 0.05) is 19.0 Å². The molecular formula is C31H45N3O5. The molecule has 39 heavy (non-hydrogen) atoms. The van der Waals surface area contributed by atoms with Crippen molar-refractivity contribution in [1.82, 2.24) is 15.5 Å². The molecule has 0 aliphatic carbocycles. The number of carbonyl (C=O) groups is 3. The van der Waals surface area contributed by atoms with E-state index in [2.05, 4.69) is 17.6 Å². The summed E-state index contributed by atoms with van der Waals surface area (Å²) < 4.78 is 5.47. The Morgan fingerprint density at radius 3 is 2.03 bits per heavy atom. The van der Waals surface area contributed by atoms with Gasteiger partial charge >= 0.3 is 6.09 Å². The number of benzene rings is 2. The van der Waals surface area contributed by atoms with E-state index in [0.29, 0.717) is 18.5 Å². The maximum absolute atomic E-state index is 14.3. The van der Waals surface area contributed by atoms with Crippen LogP contribution in [-0.2, 0) is 27.2 Å². The molecule has 0 saturated carbocycles. The highest BCUT2D eigenvalue weighted by Gasteiger charge is 2.36. The Labute approximate surface area is 233 Å². The highest BCUT2D eigenvalue weighted by atomic mass is 16.6. The minimum atomic E-state index is -0.995. The number of aryl methyl sites for hydroxylation is 1. The number of nitrogens with one attached hydrogen (secondary N) is 2. The summed E-state index contributed by atoms with van der Waals surface area (Å²) in [5.41, 5.74) is 1.83. The van der Waals surface area contributed by atoms with Crippen molar-refractivity contribution in [2.75, 3.05) is 6.54 Å². The molecule has 0 radical (unpaired) electrons. The standard InChI is InChI=1S/C31H45N3O5/c1-8-10-19-34(27(28(36)32-21(3)4)24-15-11-22(9-2)12-16-24)29(37)26(33-30(38)39-31(5,6)7)20-23-13-17-25(35)18-14-23/h11-18,21,26-27,35H,8-10,19-20H2,1-7H3,(H,32,36)(H,33,38). The van der Waals surface area contributed by atoms with Crippen LogP contribution < -0.4 is 10.6 Å². The number of alkyl carbamates (subject to hydrolysis) is 1. The summed E-state index contributed by atoms with van der Waals surface area (Å²) in [4.78, 5) is 42.3. The van der Waals surface area contributed by atoms with E-state index in [1.54, 1.807) is 37.8 Å². The molecule has 3 amide bonds. The molecule has 8 nitrogen and oxygen atoms in total. The third-order valence-corrected chi connectivity index (χ3v) is 6.10. The van der Waals surface area contributed by atoms with E-state index in [9.17, 15) is 19.5 Å². The summed E-state index contributed by atoms with van der Waals surface area (Å²) in [5.74, 6) is -0.558. The highest BCUT2D eigenvalue weighted by molar-refractivity contribution is 5.92. The molecule has 0 saturated heterocycles. The molecule has 0 aliphatic rings. The summed E-state index contributed by atoms with van der Waals surface area (Å²) in [5, 5.41) is 15.4. The smallest absolute Gasteiger partial charge is 0.408 e. The zero-order chi connectivity index (χ0) is 29.2. The fourth-order valence-electron chi connectivity index (χ4n) is 4.18. The molecule has 2 atom stereocenters. The number of amides is 3. The maximum atomic E-state index is 14.3. The quantitative estimate of drug-likeness (QED) is 0.340. The molecule has 2 rings (SSSR count). The van der Waals surface area contributed by atoms with Gasteiger partial charge in [0.1, 0.15) is 23.4 Å². The van der Waals surface area contributed by atoms with E-state index >= 15 is 0 Å². The lowest BCUT2D eigenvalue weighted by atomic mass is 9.98. The molecule has 2 aromatic carbocycles. The third-order valence-electron chi connectivity index (χ3n) is 6.10. The van der Waals surface area contributed by atoms with Gasteiger partial charge in [-0.05, 0) is 76.3 Å². The Bertz CT molecular complexity index is 1070. The van der Waals surface area contributed by atoms with Crippen molar-refractivity contribution in [1.29, 1.82) is 0 Å². The first kappa shape index (κ1) is 31.7. The Hall–Kier alpha value is -3.55. The van der Waals surface area contributed by atoms with Gasteiger partial charge in [-0.25, -0.2) is 4.79 Å². The summed E-state index contributed by atoms with van der Waals surface area (Å²) in [6, 6.07) is 12.2. The number of hydrogen-bond donors (Lipinski definition) is 3. The maximum Gasteiger partial charge on any atom is 0.408 e. The number of nitrogens with zero attached hydrogens (tertiary/aromatic N) is 1. The van der Waals surface area contributed by atoms with Gasteiger partial charge in [0.05, 0.1) is 0 Å². The summed E-state index contributed by atoms with van der Waals surface area (Å²) in [6.45, 7) is 13.4. The normalized spacial score (nSPS) is 12.9. The van der Waals surface area contributed by atoms with Crippen LogP contribution in [0.25, 0.3) is 0 Å². The van der Waals surface area contributed by atoms with Crippen molar-refractivity contribution in [2.45, 2.75) is 97.9 Å². The van der Waals surface area contributed by atoms with E-state index in [0.717, 1.165) is 24.0 Å². The lowest BCUT2D eigenvalue weighted by Crippen LogP contribution is -2.54. The molecule has 214 valence electrons. The Morgan fingerprint density at radius 2 is 1.51 bits per heavy atom. The fourth-order valence-corrected chi connectivity index (χ4v) is 4.18. The summed E-state index contributed by atoms with van der Waals surface area (Å²) >= 11 is 0. The molecule has 2 unspecified atom stereocenters. The van der Waals surface area contributed by atoms with Crippen molar-refractivity contribution in [3.8, 4) is 5.75 Å². The Morgan fingerprint density at radius 1 is 0.923 bits per heavy atom. The van der Waals surface area contributed by atoms with E-state index in [1.807, 2.05) is 45.0 Å². The van der Waals surface area contributed by atoms with Crippen LogP contribution in [0.1, 0.15) is 84.0 Å². The molecule has 0 fully saturated rings. The first-order valence-electron chi connectivity index (χ1n) is 13.8. The zero-order valence-corrected chi connectivity index (χ0v) is 24.4. The first-order valence-corrected chi connectivity index (χ1v) is 13.8. The largest absolute Gasteiger partial charge is 0.508 e. The van der Waals surface area contributed by atoms with Crippen molar-refractivity contribution in [3.05, 3.63) is 65.2 Å². The Kier molecular flexibility index (Phi) is 11.8. The summed E-state index contributed by atoms with van der Waals surface area (Å²) in [7, 11) is 0. The first-order chi connectivity index (χ1) is 18.3. The monoisotopic (exact) mass is 539 g/mol. The molecular weight excluding hydrogens is 494 g/mol. The van der Waals surface area contributed by atoms with Crippen molar-refractivity contribution >= 4 is 17.9 Å². The predicted octanol–water partition coefficient (Wildman–Crippen LogP) is 5.29. The fraction of sp³-hybridized carbons (Fsp3) is 0.516. The molecule has 2 aromatic rings. The molecule has 0 aromatic heterocycles. The number of aromatic hydroxyl groups is 1. The average molecular weight is 540 g/mol. The van der Waals surface area contributed by atoms with Crippen molar-refractivity contribution in [3.63, 3.8) is 0 Å².